The Bertz CT molecular complexity index is 579. The quantitative estimate of drug-likeness (QED) is 0.814. The van der Waals surface area contributed by atoms with Crippen LogP contribution in [0.3, 0.4) is 0 Å². The molecule has 1 aromatic rings. The molecular weight excluding hydrogens is 302 g/mol. The van der Waals surface area contributed by atoms with Gasteiger partial charge in [-0.05, 0) is 43.5 Å². The van der Waals surface area contributed by atoms with E-state index in [4.69, 9.17) is 4.42 Å². The zero-order chi connectivity index (χ0) is 16.8. The predicted molar refractivity (Wildman–Crippen MR) is 95.0 cm³/mol. The van der Waals surface area contributed by atoms with Gasteiger partial charge in [0.2, 0.25) is 0 Å². The van der Waals surface area contributed by atoms with E-state index in [0.29, 0.717) is 5.76 Å². The predicted octanol–water partition coefficient (Wildman–Crippen LogP) is 2.29. The smallest absolute Gasteiger partial charge is 0.287 e. The number of nitrogens with one attached hydrogen (secondary N) is 1. The second-order valence-corrected chi connectivity index (χ2v) is 6.70. The molecule has 0 aliphatic carbocycles. The van der Waals surface area contributed by atoms with E-state index < -0.39 is 0 Å². The van der Waals surface area contributed by atoms with E-state index in [1.165, 1.54) is 11.8 Å². The summed E-state index contributed by atoms with van der Waals surface area (Å²) < 4.78 is 5.17. The third-order valence-corrected chi connectivity index (χ3v) is 4.70. The van der Waals surface area contributed by atoms with Gasteiger partial charge in [-0.25, -0.2) is 0 Å². The summed E-state index contributed by atoms with van der Waals surface area (Å²) in [6.07, 6.45) is 9.16. The molecular formula is C19H27N3O2. The minimum atomic E-state index is -0.110. The SMILES string of the molecule is C=CCN1CCC=C(CN2CCCC(NC(=O)c3ccco3)C2)C1. The van der Waals surface area contributed by atoms with Crippen molar-refractivity contribution < 1.29 is 9.21 Å². The van der Waals surface area contributed by atoms with Crippen molar-refractivity contribution in [3.05, 3.63) is 48.5 Å². The summed E-state index contributed by atoms with van der Waals surface area (Å²) in [5, 5.41) is 3.10. The van der Waals surface area contributed by atoms with E-state index >= 15 is 0 Å². The largest absolute Gasteiger partial charge is 0.459 e. The van der Waals surface area contributed by atoms with Crippen LogP contribution in [0.4, 0.5) is 0 Å². The van der Waals surface area contributed by atoms with Crippen molar-refractivity contribution in [3.8, 4) is 0 Å². The van der Waals surface area contributed by atoms with Crippen LogP contribution < -0.4 is 5.32 Å². The van der Waals surface area contributed by atoms with Crippen LogP contribution in [0, 0.1) is 0 Å². The van der Waals surface area contributed by atoms with Crippen molar-refractivity contribution in [2.24, 2.45) is 0 Å². The fourth-order valence-corrected chi connectivity index (χ4v) is 3.60. The Morgan fingerprint density at radius 2 is 2.33 bits per heavy atom. The molecule has 5 nitrogen and oxygen atoms in total. The first-order valence-electron chi connectivity index (χ1n) is 8.82. The monoisotopic (exact) mass is 329 g/mol. The first kappa shape index (κ1) is 17.0. The Kier molecular flexibility index (Phi) is 5.88. The van der Waals surface area contributed by atoms with Crippen LogP contribution in [0.5, 0.6) is 0 Å². The van der Waals surface area contributed by atoms with Crippen molar-refractivity contribution in [2.75, 3.05) is 39.3 Å². The lowest BCUT2D eigenvalue weighted by Gasteiger charge is -2.35. The number of piperidine rings is 1. The average molecular weight is 329 g/mol. The molecule has 1 saturated heterocycles. The highest BCUT2D eigenvalue weighted by Gasteiger charge is 2.24. The number of hydrogen-bond donors (Lipinski definition) is 1. The Hall–Kier alpha value is -1.85. The van der Waals surface area contributed by atoms with Crippen LogP contribution in [-0.4, -0.2) is 61.0 Å². The van der Waals surface area contributed by atoms with Crippen molar-refractivity contribution in [1.82, 2.24) is 15.1 Å². The molecule has 130 valence electrons. The number of carbonyl (C=O) groups excluding carboxylic acids is 1. The minimum absolute atomic E-state index is 0.110. The zero-order valence-electron chi connectivity index (χ0n) is 14.2. The molecule has 0 bridgehead atoms. The van der Waals surface area contributed by atoms with E-state index in [2.05, 4.69) is 27.8 Å². The minimum Gasteiger partial charge on any atom is -0.459 e. The Balaban J connectivity index is 1.49. The van der Waals surface area contributed by atoms with Gasteiger partial charge < -0.3 is 9.73 Å². The summed E-state index contributed by atoms with van der Waals surface area (Å²) in [5.74, 6) is 0.281. The lowest BCUT2D eigenvalue weighted by Crippen LogP contribution is -2.48. The number of amides is 1. The number of carbonyl (C=O) groups is 1. The summed E-state index contributed by atoms with van der Waals surface area (Å²) in [5.41, 5.74) is 1.49. The molecule has 0 aromatic carbocycles. The summed E-state index contributed by atoms with van der Waals surface area (Å²) in [6, 6.07) is 3.65. The molecule has 24 heavy (non-hydrogen) atoms. The van der Waals surface area contributed by atoms with Gasteiger partial charge in [0.05, 0.1) is 6.26 Å². The highest BCUT2D eigenvalue weighted by atomic mass is 16.3. The zero-order valence-corrected chi connectivity index (χ0v) is 14.2. The highest BCUT2D eigenvalue weighted by Crippen LogP contribution is 2.16. The molecule has 5 heteroatoms. The fraction of sp³-hybridized carbons (Fsp3) is 0.526. The van der Waals surface area contributed by atoms with Crippen LogP contribution in [0.2, 0.25) is 0 Å². The summed E-state index contributed by atoms with van der Waals surface area (Å²) in [6.45, 7) is 9.96. The van der Waals surface area contributed by atoms with E-state index in [9.17, 15) is 4.79 Å². The number of nitrogens with zero attached hydrogens (tertiary/aromatic N) is 2. The molecule has 3 heterocycles. The van der Waals surface area contributed by atoms with E-state index in [0.717, 1.165) is 58.5 Å². The first-order chi connectivity index (χ1) is 11.7. The van der Waals surface area contributed by atoms with Gasteiger partial charge in [0.15, 0.2) is 5.76 Å². The van der Waals surface area contributed by atoms with Crippen molar-refractivity contribution in [2.45, 2.75) is 25.3 Å². The van der Waals surface area contributed by atoms with Crippen molar-refractivity contribution >= 4 is 5.91 Å². The molecule has 1 N–H and O–H groups in total. The van der Waals surface area contributed by atoms with Crippen LogP contribution >= 0.6 is 0 Å². The molecule has 0 saturated carbocycles. The molecule has 3 rings (SSSR count). The molecule has 1 unspecified atom stereocenters. The van der Waals surface area contributed by atoms with Gasteiger partial charge >= 0.3 is 0 Å². The molecule has 1 amide bonds. The Labute approximate surface area is 144 Å². The molecule has 2 aliphatic rings. The average Bonchev–Trinajstić information content (AvgIpc) is 3.10. The first-order valence-corrected chi connectivity index (χ1v) is 8.82. The van der Waals surface area contributed by atoms with Gasteiger partial charge in [-0.2, -0.15) is 0 Å². The molecule has 1 fully saturated rings. The van der Waals surface area contributed by atoms with Crippen LogP contribution in [0.15, 0.2) is 47.1 Å². The normalized spacial score (nSPS) is 22.8. The molecule has 1 aromatic heterocycles. The lowest BCUT2D eigenvalue weighted by molar-refractivity contribution is 0.0878. The van der Waals surface area contributed by atoms with Gasteiger partial charge in [-0.3, -0.25) is 14.6 Å². The number of likely N-dealkylation sites (tertiary alicyclic amines) is 1. The maximum Gasteiger partial charge on any atom is 0.287 e. The topological polar surface area (TPSA) is 48.7 Å². The maximum absolute atomic E-state index is 12.1. The summed E-state index contributed by atoms with van der Waals surface area (Å²) in [4.78, 5) is 17.0. The Morgan fingerprint density at radius 1 is 1.42 bits per heavy atom. The number of hydrogen-bond acceptors (Lipinski definition) is 4. The number of rotatable bonds is 6. The molecule has 2 aliphatic heterocycles. The standard InChI is InChI=1S/C19H27N3O2/c1-2-9-21-10-3-6-16(13-21)14-22-11-4-7-17(15-22)20-19(23)18-8-5-12-24-18/h2,5-6,8,12,17H,1,3-4,7,9-11,13-15H2,(H,20,23). The van der Waals surface area contributed by atoms with E-state index in [1.807, 2.05) is 6.08 Å². The van der Waals surface area contributed by atoms with Gasteiger partial charge in [-0.15, -0.1) is 6.58 Å². The van der Waals surface area contributed by atoms with Crippen LogP contribution in [-0.2, 0) is 0 Å². The van der Waals surface area contributed by atoms with Gasteiger partial charge in [0.1, 0.15) is 0 Å². The van der Waals surface area contributed by atoms with Gasteiger partial charge in [-0.1, -0.05) is 12.2 Å². The number of furan rings is 1. The summed E-state index contributed by atoms with van der Waals surface area (Å²) >= 11 is 0. The van der Waals surface area contributed by atoms with E-state index in [-0.39, 0.29) is 11.9 Å². The van der Waals surface area contributed by atoms with Crippen molar-refractivity contribution in [3.63, 3.8) is 0 Å². The third kappa shape index (κ3) is 4.58. The highest BCUT2D eigenvalue weighted by molar-refractivity contribution is 5.91. The van der Waals surface area contributed by atoms with Crippen LogP contribution in [0.25, 0.3) is 0 Å². The lowest BCUT2D eigenvalue weighted by atomic mass is 10.0. The van der Waals surface area contributed by atoms with E-state index in [1.54, 1.807) is 12.1 Å². The maximum atomic E-state index is 12.1. The molecule has 1 atom stereocenters. The van der Waals surface area contributed by atoms with Gasteiger partial charge in [0, 0.05) is 38.8 Å². The molecule has 0 radical (unpaired) electrons. The second-order valence-electron chi connectivity index (χ2n) is 6.70. The summed E-state index contributed by atoms with van der Waals surface area (Å²) in [7, 11) is 0. The fourth-order valence-electron chi connectivity index (χ4n) is 3.60. The Morgan fingerprint density at radius 3 is 3.12 bits per heavy atom. The second kappa shape index (κ2) is 8.31. The molecule has 0 spiro atoms. The van der Waals surface area contributed by atoms with Crippen LogP contribution in [0.1, 0.15) is 29.8 Å². The third-order valence-electron chi connectivity index (χ3n) is 4.70. The van der Waals surface area contributed by atoms with Crippen molar-refractivity contribution in [1.29, 1.82) is 0 Å². The van der Waals surface area contributed by atoms with Gasteiger partial charge in [0.25, 0.3) is 5.91 Å².